The highest BCUT2D eigenvalue weighted by molar-refractivity contribution is 7.89. The molecule has 2 N–H and O–H groups in total. The number of nitro benzene ring substituents is 1. The summed E-state index contributed by atoms with van der Waals surface area (Å²) in [6, 6.07) is 4.41. The normalized spacial score (nSPS) is 13.0. The summed E-state index contributed by atoms with van der Waals surface area (Å²) >= 11 is 0. The Morgan fingerprint density at radius 1 is 1.30 bits per heavy atom. The van der Waals surface area contributed by atoms with Gasteiger partial charge in [0.1, 0.15) is 6.04 Å². The molecular formula is C14H20N2O6S. The number of sulfonamides is 1. The number of carboxylic acid groups (broad SMARTS) is 1. The van der Waals surface area contributed by atoms with Crippen LogP contribution >= 0.6 is 0 Å². The van der Waals surface area contributed by atoms with Crippen LogP contribution in [0.3, 0.4) is 0 Å². The van der Waals surface area contributed by atoms with Crippen LogP contribution < -0.4 is 4.72 Å². The number of aliphatic carboxylic acids is 1. The molecule has 1 rings (SSSR count). The van der Waals surface area contributed by atoms with Crippen molar-refractivity contribution in [1.29, 1.82) is 0 Å². The van der Waals surface area contributed by atoms with E-state index in [2.05, 4.69) is 4.72 Å². The molecule has 0 radical (unpaired) electrons. The van der Waals surface area contributed by atoms with Crippen molar-refractivity contribution in [3.8, 4) is 0 Å². The lowest BCUT2D eigenvalue weighted by Crippen LogP contribution is -2.42. The quantitative estimate of drug-likeness (QED) is 0.517. The van der Waals surface area contributed by atoms with Crippen molar-refractivity contribution in [2.45, 2.75) is 32.7 Å². The van der Waals surface area contributed by atoms with Crippen LogP contribution in [0.5, 0.6) is 0 Å². The highest BCUT2D eigenvalue weighted by Gasteiger charge is 2.24. The van der Waals surface area contributed by atoms with E-state index >= 15 is 0 Å². The number of aryl methyl sites for hydroxylation is 1. The summed E-state index contributed by atoms with van der Waals surface area (Å²) in [5, 5.41) is 19.6. The zero-order chi connectivity index (χ0) is 17.6. The van der Waals surface area contributed by atoms with Gasteiger partial charge in [-0.3, -0.25) is 14.9 Å². The maximum atomic E-state index is 12.0. The van der Waals surface area contributed by atoms with Crippen molar-refractivity contribution in [2.24, 2.45) is 5.92 Å². The lowest BCUT2D eigenvalue weighted by Gasteiger charge is -2.16. The Labute approximate surface area is 134 Å². The van der Waals surface area contributed by atoms with E-state index in [1.165, 1.54) is 24.3 Å². The van der Waals surface area contributed by atoms with E-state index in [-0.39, 0.29) is 30.2 Å². The molecule has 0 fully saturated rings. The maximum Gasteiger partial charge on any atom is 0.321 e. The predicted octanol–water partition coefficient (Wildman–Crippen LogP) is 1.56. The number of nitro groups is 1. The van der Waals surface area contributed by atoms with Gasteiger partial charge in [0, 0.05) is 12.1 Å². The molecule has 1 atom stereocenters. The van der Waals surface area contributed by atoms with Crippen LogP contribution in [0, 0.1) is 16.0 Å². The van der Waals surface area contributed by atoms with Crippen molar-refractivity contribution >= 4 is 21.7 Å². The van der Waals surface area contributed by atoms with Gasteiger partial charge in [0.15, 0.2) is 0 Å². The van der Waals surface area contributed by atoms with E-state index < -0.39 is 27.0 Å². The zero-order valence-electron chi connectivity index (χ0n) is 12.9. The molecular weight excluding hydrogens is 324 g/mol. The van der Waals surface area contributed by atoms with Crippen LogP contribution in [-0.2, 0) is 21.2 Å². The molecule has 1 aromatic carbocycles. The molecule has 23 heavy (non-hydrogen) atoms. The maximum absolute atomic E-state index is 12.0. The van der Waals surface area contributed by atoms with Gasteiger partial charge in [-0.2, -0.15) is 0 Å². The highest BCUT2D eigenvalue weighted by atomic mass is 32.2. The molecule has 0 aliphatic carbocycles. The summed E-state index contributed by atoms with van der Waals surface area (Å²) in [5.41, 5.74) is 0.550. The first-order valence-corrected chi connectivity index (χ1v) is 8.72. The highest BCUT2D eigenvalue weighted by Crippen LogP contribution is 2.13. The number of hydrogen-bond acceptors (Lipinski definition) is 5. The molecule has 0 aliphatic rings. The van der Waals surface area contributed by atoms with E-state index in [1.54, 1.807) is 13.8 Å². The Morgan fingerprint density at radius 2 is 1.87 bits per heavy atom. The minimum absolute atomic E-state index is 0.0356. The smallest absolute Gasteiger partial charge is 0.321 e. The Bertz CT molecular complexity index is 654. The van der Waals surface area contributed by atoms with Crippen LogP contribution in [0.25, 0.3) is 0 Å². The van der Waals surface area contributed by atoms with E-state index in [9.17, 15) is 23.3 Å². The number of carboxylic acids is 1. The third-order valence-electron chi connectivity index (χ3n) is 3.13. The zero-order valence-corrected chi connectivity index (χ0v) is 13.7. The van der Waals surface area contributed by atoms with Gasteiger partial charge in [0.05, 0.1) is 10.7 Å². The van der Waals surface area contributed by atoms with Gasteiger partial charge in [0.2, 0.25) is 10.0 Å². The second-order valence-corrected chi connectivity index (χ2v) is 7.50. The molecule has 0 spiro atoms. The topological polar surface area (TPSA) is 127 Å². The van der Waals surface area contributed by atoms with Crippen molar-refractivity contribution in [3.05, 3.63) is 39.9 Å². The van der Waals surface area contributed by atoms with Crippen molar-refractivity contribution < 1.29 is 23.2 Å². The summed E-state index contributed by atoms with van der Waals surface area (Å²) in [7, 11) is -3.76. The lowest BCUT2D eigenvalue weighted by atomic mass is 10.1. The van der Waals surface area contributed by atoms with Gasteiger partial charge in [-0.25, -0.2) is 13.1 Å². The van der Waals surface area contributed by atoms with E-state index in [4.69, 9.17) is 5.11 Å². The first-order chi connectivity index (χ1) is 10.6. The molecule has 0 bridgehead atoms. The molecule has 0 aliphatic heterocycles. The fraction of sp³-hybridized carbons (Fsp3) is 0.500. The number of non-ortho nitro benzene ring substituents is 1. The first kappa shape index (κ1) is 19.0. The van der Waals surface area contributed by atoms with Gasteiger partial charge in [-0.1, -0.05) is 26.0 Å². The van der Waals surface area contributed by atoms with E-state index in [1.807, 2.05) is 0 Å². The van der Waals surface area contributed by atoms with Crippen LogP contribution in [0.4, 0.5) is 5.69 Å². The average molecular weight is 344 g/mol. The molecule has 0 saturated carbocycles. The number of rotatable bonds is 9. The van der Waals surface area contributed by atoms with E-state index in [0.29, 0.717) is 5.56 Å². The number of nitrogens with one attached hydrogen (secondary N) is 1. The summed E-state index contributed by atoms with van der Waals surface area (Å²) in [6.07, 6.45) is 0.341. The summed E-state index contributed by atoms with van der Waals surface area (Å²) in [4.78, 5) is 21.1. The molecule has 9 heteroatoms. The number of benzene rings is 1. The summed E-state index contributed by atoms with van der Waals surface area (Å²) in [6.45, 7) is 3.61. The van der Waals surface area contributed by atoms with Crippen LogP contribution in [-0.4, -0.2) is 36.2 Å². The summed E-state index contributed by atoms with van der Waals surface area (Å²) in [5.74, 6) is -1.46. The number of hydrogen-bond donors (Lipinski definition) is 2. The number of nitrogens with zero attached hydrogens (tertiary/aromatic N) is 1. The lowest BCUT2D eigenvalue weighted by molar-refractivity contribution is -0.384. The monoisotopic (exact) mass is 344 g/mol. The Morgan fingerprint density at radius 3 is 2.30 bits per heavy atom. The third kappa shape index (κ3) is 6.74. The molecule has 0 unspecified atom stereocenters. The minimum atomic E-state index is -3.76. The largest absolute Gasteiger partial charge is 0.480 e. The Kier molecular flexibility index (Phi) is 6.64. The fourth-order valence-corrected chi connectivity index (χ4v) is 3.24. The second kappa shape index (κ2) is 8.02. The molecule has 0 aromatic heterocycles. The average Bonchev–Trinajstić information content (AvgIpc) is 2.44. The minimum Gasteiger partial charge on any atom is -0.480 e. The van der Waals surface area contributed by atoms with Crippen LogP contribution in [0.15, 0.2) is 24.3 Å². The van der Waals surface area contributed by atoms with E-state index in [0.717, 1.165) is 0 Å². The van der Waals surface area contributed by atoms with Gasteiger partial charge in [-0.05, 0) is 24.3 Å². The SMILES string of the molecule is CC(C)C[C@@H](NS(=O)(=O)CCc1ccc([N+](=O)[O-])cc1)C(=O)O. The Balaban J connectivity index is 2.67. The van der Waals surface area contributed by atoms with Crippen molar-refractivity contribution in [3.63, 3.8) is 0 Å². The van der Waals surface area contributed by atoms with Crippen LogP contribution in [0.2, 0.25) is 0 Å². The van der Waals surface area contributed by atoms with Crippen LogP contribution in [0.1, 0.15) is 25.8 Å². The number of carbonyl (C=O) groups is 1. The van der Waals surface area contributed by atoms with Crippen molar-refractivity contribution in [2.75, 3.05) is 5.75 Å². The van der Waals surface area contributed by atoms with Gasteiger partial charge < -0.3 is 5.11 Å². The first-order valence-electron chi connectivity index (χ1n) is 7.07. The standard InChI is InChI=1S/C14H20N2O6S/c1-10(2)9-13(14(17)18)15-23(21,22)8-7-11-3-5-12(6-4-11)16(19)20/h3-6,10,13,15H,7-9H2,1-2H3,(H,17,18)/t13-/m1/s1. The third-order valence-corrected chi connectivity index (χ3v) is 4.52. The summed E-state index contributed by atoms with van der Waals surface area (Å²) < 4.78 is 26.2. The van der Waals surface area contributed by atoms with Gasteiger partial charge in [0.25, 0.3) is 5.69 Å². The molecule has 1 aromatic rings. The molecule has 8 nitrogen and oxygen atoms in total. The van der Waals surface area contributed by atoms with Crippen molar-refractivity contribution in [1.82, 2.24) is 4.72 Å². The Hall–Kier alpha value is -2.00. The molecule has 0 saturated heterocycles. The second-order valence-electron chi connectivity index (χ2n) is 5.63. The fourth-order valence-electron chi connectivity index (χ4n) is 1.98. The predicted molar refractivity (Wildman–Crippen MR) is 84.6 cm³/mol. The van der Waals surface area contributed by atoms with Gasteiger partial charge in [-0.15, -0.1) is 0 Å². The molecule has 0 heterocycles. The molecule has 0 amide bonds. The molecule has 128 valence electrons. The van der Waals surface area contributed by atoms with Gasteiger partial charge >= 0.3 is 5.97 Å².